The van der Waals surface area contributed by atoms with Crippen molar-refractivity contribution in [2.45, 2.75) is 49.8 Å². The number of sulfonamides is 1. The number of carbonyl (C=O) groups is 2. The Balaban J connectivity index is 1.45. The van der Waals surface area contributed by atoms with Crippen LogP contribution >= 0.6 is 0 Å². The van der Waals surface area contributed by atoms with Crippen LogP contribution in [0.1, 0.15) is 44.9 Å². The molecule has 7 nitrogen and oxygen atoms in total. The van der Waals surface area contributed by atoms with Crippen LogP contribution in [0.4, 0.5) is 8.78 Å². The zero-order chi connectivity index (χ0) is 22.4. The van der Waals surface area contributed by atoms with E-state index in [2.05, 4.69) is 5.32 Å². The van der Waals surface area contributed by atoms with Crippen molar-refractivity contribution in [3.63, 3.8) is 0 Å². The smallest absolute Gasteiger partial charge is 0.243 e. The molecule has 31 heavy (non-hydrogen) atoms. The maximum atomic E-state index is 13.4. The number of nitrogens with one attached hydrogen (secondary N) is 1. The number of halogens is 2. The van der Waals surface area contributed by atoms with E-state index in [9.17, 15) is 26.8 Å². The average Bonchev–Trinajstić information content (AvgIpc) is 3.05. The lowest BCUT2D eigenvalue weighted by atomic mass is 9.97. The van der Waals surface area contributed by atoms with E-state index in [1.807, 2.05) is 4.90 Å². The van der Waals surface area contributed by atoms with Gasteiger partial charge in [-0.1, -0.05) is 12.8 Å². The molecule has 1 N–H and O–H groups in total. The second-order valence-corrected chi connectivity index (χ2v) is 10.0. The minimum atomic E-state index is -3.95. The molecule has 0 aliphatic carbocycles. The third-order valence-corrected chi connectivity index (χ3v) is 7.85. The van der Waals surface area contributed by atoms with E-state index in [0.717, 1.165) is 50.9 Å². The molecule has 0 radical (unpaired) electrons. The number of nitrogens with zero attached hydrogens (tertiary/aromatic N) is 2. The van der Waals surface area contributed by atoms with E-state index >= 15 is 0 Å². The summed E-state index contributed by atoms with van der Waals surface area (Å²) < 4.78 is 53.0. The molecule has 0 bridgehead atoms. The zero-order valence-corrected chi connectivity index (χ0v) is 18.3. The minimum Gasteiger partial charge on any atom is -0.355 e. The van der Waals surface area contributed by atoms with Crippen LogP contribution in [0.15, 0.2) is 23.1 Å². The summed E-state index contributed by atoms with van der Waals surface area (Å²) in [4.78, 5) is 26.3. The standard InChI is InChI=1S/C21H29F2N3O4S/c22-18-6-5-17(15-19(18)23)31(29,30)26-13-8-16(9-14-26)21(28)24-10-7-20(27)25-11-3-1-2-4-12-25/h5-6,15-16H,1-4,7-14H2,(H,24,28). The predicted octanol–water partition coefficient (Wildman–Crippen LogP) is 2.27. The van der Waals surface area contributed by atoms with Crippen molar-refractivity contribution in [1.29, 1.82) is 0 Å². The van der Waals surface area contributed by atoms with E-state index in [1.54, 1.807) is 0 Å². The molecule has 1 aromatic rings. The molecule has 0 unspecified atom stereocenters. The van der Waals surface area contributed by atoms with Crippen molar-refractivity contribution in [3.8, 4) is 0 Å². The Kier molecular flexibility index (Phi) is 7.99. The molecule has 0 spiro atoms. The van der Waals surface area contributed by atoms with Gasteiger partial charge >= 0.3 is 0 Å². The van der Waals surface area contributed by atoms with Gasteiger partial charge in [0.05, 0.1) is 4.90 Å². The molecule has 0 aromatic heterocycles. The fourth-order valence-electron chi connectivity index (χ4n) is 4.06. The van der Waals surface area contributed by atoms with Gasteiger partial charge in [0, 0.05) is 45.1 Å². The number of rotatable bonds is 6. The third-order valence-electron chi connectivity index (χ3n) is 5.95. The van der Waals surface area contributed by atoms with Gasteiger partial charge in [-0.15, -0.1) is 0 Å². The van der Waals surface area contributed by atoms with E-state index in [-0.39, 0.29) is 48.7 Å². The normalized spacial score (nSPS) is 19.1. The van der Waals surface area contributed by atoms with Gasteiger partial charge in [0.25, 0.3) is 0 Å². The number of carbonyl (C=O) groups excluding carboxylic acids is 2. The number of amides is 2. The summed E-state index contributed by atoms with van der Waals surface area (Å²) in [5, 5.41) is 2.79. The highest BCUT2D eigenvalue weighted by atomic mass is 32.2. The van der Waals surface area contributed by atoms with Crippen molar-refractivity contribution < 1.29 is 26.8 Å². The lowest BCUT2D eigenvalue weighted by Crippen LogP contribution is -2.43. The largest absolute Gasteiger partial charge is 0.355 e. The fraction of sp³-hybridized carbons (Fsp3) is 0.619. The number of piperidine rings is 1. The molecular formula is C21H29F2N3O4S. The van der Waals surface area contributed by atoms with Gasteiger partial charge in [-0.05, 0) is 43.9 Å². The van der Waals surface area contributed by atoms with Crippen LogP contribution in [0.25, 0.3) is 0 Å². The number of hydrogen-bond donors (Lipinski definition) is 1. The van der Waals surface area contributed by atoms with Crippen molar-refractivity contribution in [3.05, 3.63) is 29.8 Å². The van der Waals surface area contributed by atoms with E-state index in [0.29, 0.717) is 18.9 Å². The highest BCUT2D eigenvalue weighted by molar-refractivity contribution is 7.89. The van der Waals surface area contributed by atoms with E-state index in [1.165, 1.54) is 4.31 Å². The number of benzene rings is 1. The molecule has 2 aliphatic rings. The monoisotopic (exact) mass is 457 g/mol. The first-order valence-electron chi connectivity index (χ1n) is 10.8. The van der Waals surface area contributed by atoms with Crippen LogP contribution in [0, 0.1) is 17.6 Å². The summed E-state index contributed by atoms with van der Waals surface area (Å²) in [6.07, 6.45) is 5.24. The lowest BCUT2D eigenvalue weighted by molar-refractivity contribution is -0.131. The van der Waals surface area contributed by atoms with Crippen LogP contribution < -0.4 is 5.32 Å². The first-order chi connectivity index (χ1) is 14.8. The Morgan fingerprint density at radius 1 is 0.968 bits per heavy atom. The Labute approximate surface area is 181 Å². The first-order valence-corrected chi connectivity index (χ1v) is 12.2. The topological polar surface area (TPSA) is 86.8 Å². The highest BCUT2D eigenvalue weighted by Crippen LogP contribution is 2.25. The summed E-state index contributed by atoms with van der Waals surface area (Å²) in [6.45, 7) is 2.05. The molecule has 10 heteroatoms. The van der Waals surface area contributed by atoms with Gasteiger partial charge in [0.15, 0.2) is 11.6 Å². The van der Waals surface area contributed by atoms with E-state index < -0.39 is 21.7 Å². The maximum Gasteiger partial charge on any atom is 0.243 e. The van der Waals surface area contributed by atoms with Crippen LogP contribution in [-0.2, 0) is 19.6 Å². The Morgan fingerprint density at radius 3 is 2.23 bits per heavy atom. The second-order valence-electron chi connectivity index (χ2n) is 8.09. The second kappa shape index (κ2) is 10.5. The number of likely N-dealkylation sites (tertiary alicyclic amines) is 1. The van der Waals surface area contributed by atoms with Crippen LogP contribution in [0.5, 0.6) is 0 Å². The van der Waals surface area contributed by atoms with Gasteiger partial charge in [-0.25, -0.2) is 17.2 Å². The molecule has 2 aliphatic heterocycles. The van der Waals surface area contributed by atoms with Crippen molar-refractivity contribution in [1.82, 2.24) is 14.5 Å². The Bertz CT molecular complexity index is 894. The van der Waals surface area contributed by atoms with Crippen LogP contribution in [0.3, 0.4) is 0 Å². The predicted molar refractivity (Wildman–Crippen MR) is 111 cm³/mol. The van der Waals surface area contributed by atoms with Crippen molar-refractivity contribution >= 4 is 21.8 Å². The van der Waals surface area contributed by atoms with Gasteiger partial charge in [-0.2, -0.15) is 4.31 Å². The van der Waals surface area contributed by atoms with E-state index in [4.69, 9.17) is 0 Å². The van der Waals surface area contributed by atoms with Crippen molar-refractivity contribution in [2.75, 3.05) is 32.7 Å². The molecule has 2 heterocycles. The van der Waals surface area contributed by atoms with Gasteiger partial charge < -0.3 is 10.2 Å². The average molecular weight is 458 g/mol. The van der Waals surface area contributed by atoms with Crippen molar-refractivity contribution in [2.24, 2.45) is 5.92 Å². The molecule has 0 saturated carbocycles. The summed E-state index contributed by atoms with van der Waals surface area (Å²) in [5.41, 5.74) is 0. The summed E-state index contributed by atoms with van der Waals surface area (Å²) >= 11 is 0. The molecular weight excluding hydrogens is 428 g/mol. The molecule has 1 aromatic carbocycles. The Hall–Kier alpha value is -2.07. The first kappa shape index (κ1) is 23.6. The zero-order valence-electron chi connectivity index (χ0n) is 17.5. The number of hydrogen-bond acceptors (Lipinski definition) is 4. The molecule has 2 amide bonds. The molecule has 3 rings (SSSR count). The fourth-order valence-corrected chi connectivity index (χ4v) is 5.54. The molecule has 172 valence electrons. The SMILES string of the molecule is O=C(NCCC(=O)N1CCCCCC1)C1CCN(S(=O)(=O)c2ccc(F)c(F)c2)CC1. The maximum absolute atomic E-state index is 13.4. The minimum absolute atomic E-state index is 0.0506. The summed E-state index contributed by atoms with van der Waals surface area (Å²) in [5.74, 6) is -2.80. The van der Waals surface area contributed by atoms with Gasteiger partial charge in [-0.3, -0.25) is 9.59 Å². The Morgan fingerprint density at radius 2 is 1.61 bits per heavy atom. The molecule has 0 atom stereocenters. The van der Waals surface area contributed by atoms with Gasteiger partial charge in [0.1, 0.15) is 0 Å². The third kappa shape index (κ3) is 6.00. The molecule has 2 saturated heterocycles. The summed E-state index contributed by atoms with van der Waals surface area (Å²) in [6, 6.07) is 2.49. The molecule has 2 fully saturated rings. The highest BCUT2D eigenvalue weighted by Gasteiger charge is 2.32. The van der Waals surface area contributed by atoms with Crippen LogP contribution in [-0.4, -0.2) is 62.2 Å². The lowest BCUT2D eigenvalue weighted by Gasteiger charge is -2.30. The van der Waals surface area contributed by atoms with Crippen LogP contribution in [0.2, 0.25) is 0 Å². The van der Waals surface area contributed by atoms with Gasteiger partial charge in [0.2, 0.25) is 21.8 Å². The quantitative estimate of drug-likeness (QED) is 0.710. The summed E-state index contributed by atoms with van der Waals surface area (Å²) in [7, 11) is -3.95.